The van der Waals surface area contributed by atoms with Gasteiger partial charge in [-0.05, 0) is 32.9 Å². The Morgan fingerprint density at radius 2 is 1.91 bits per heavy atom. The van der Waals surface area contributed by atoms with Crippen molar-refractivity contribution in [2.75, 3.05) is 25.0 Å². The number of hydrogen-bond acceptors (Lipinski definition) is 5. The van der Waals surface area contributed by atoms with Gasteiger partial charge in [0.05, 0.1) is 17.9 Å². The molecular formula is C17H21N3O3. The Labute approximate surface area is 136 Å². The first-order valence-corrected chi connectivity index (χ1v) is 7.50. The Morgan fingerprint density at radius 3 is 2.48 bits per heavy atom. The van der Waals surface area contributed by atoms with Crippen LogP contribution in [0, 0.1) is 11.3 Å². The van der Waals surface area contributed by atoms with Crippen LogP contribution < -0.4 is 5.32 Å². The molecule has 0 bridgehead atoms. The number of nitrogens with one attached hydrogen (secondary N) is 1. The number of carbonyl (C=O) groups excluding carboxylic acids is 2. The molecule has 1 aromatic rings. The van der Waals surface area contributed by atoms with Crippen molar-refractivity contribution in [3.63, 3.8) is 0 Å². The van der Waals surface area contributed by atoms with E-state index in [1.807, 2.05) is 24.8 Å². The molecule has 0 fully saturated rings. The molecule has 1 amide bonds. The second-order valence-electron chi connectivity index (χ2n) is 4.60. The zero-order chi connectivity index (χ0) is 17.2. The molecule has 23 heavy (non-hydrogen) atoms. The largest absolute Gasteiger partial charge is 0.462 e. The molecule has 6 heteroatoms. The molecule has 0 unspecified atom stereocenters. The van der Waals surface area contributed by atoms with Crippen LogP contribution in [0.4, 0.5) is 5.69 Å². The lowest BCUT2D eigenvalue weighted by Crippen LogP contribution is -2.21. The fourth-order valence-corrected chi connectivity index (χ4v) is 1.90. The topological polar surface area (TPSA) is 82.4 Å². The van der Waals surface area contributed by atoms with Crippen molar-refractivity contribution >= 4 is 17.6 Å². The highest BCUT2D eigenvalue weighted by Crippen LogP contribution is 2.17. The van der Waals surface area contributed by atoms with Crippen LogP contribution in [0.1, 0.15) is 31.1 Å². The molecule has 1 N–H and O–H groups in total. The maximum absolute atomic E-state index is 12.3. The summed E-state index contributed by atoms with van der Waals surface area (Å²) in [5, 5.41) is 11.8. The van der Waals surface area contributed by atoms with Crippen molar-refractivity contribution in [1.82, 2.24) is 4.90 Å². The number of ether oxygens (including phenoxy) is 1. The van der Waals surface area contributed by atoms with E-state index in [0.29, 0.717) is 18.8 Å². The van der Waals surface area contributed by atoms with Crippen molar-refractivity contribution < 1.29 is 14.3 Å². The number of para-hydroxylation sites is 1. The van der Waals surface area contributed by atoms with Gasteiger partial charge in [-0.15, -0.1) is 0 Å². The van der Waals surface area contributed by atoms with Gasteiger partial charge < -0.3 is 15.0 Å². The van der Waals surface area contributed by atoms with Gasteiger partial charge in [0.1, 0.15) is 11.6 Å². The third kappa shape index (κ3) is 5.15. The predicted molar refractivity (Wildman–Crippen MR) is 87.6 cm³/mol. The van der Waals surface area contributed by atoms with Crippen molar-refractivity contribution in [1.29, 1.82) is 5.26 Å². The fourth-order valence-electron chi connectivity index (χ4n) is 1.90. The van der Waals surface area contributed by atoms with E-state index in [9.17, 15) is 14.9 Å². The quantitative estimate of drug-likeness (QED) is 0.475. The molecule has 1 rings (SSSR count). The first kappa shape index (κ1) is 18.2. The van der Waals surface area contributed by atoms with Crippen LogP contribution in [-0.2, 0) is 9.53 Å². The Hall–Kier alpha value is -2.81. The maximum atomic E-state index is 12.3. The minimum Gasteiger partial charge on any atom is -0.462 e. The molecule has 0 aromatic heterocycles. The molecule has 0 saturated heterocycles. The number of benzene rings is 1. The summed E-state index contributed by atoms with van der Waals surface area (Å²) in [6.45, 7) is 7.20. The van der Waals surface area contributed by atoms with Gasteiger partial charge in [-0.25, -0.2) is 4.79 Å². The first-order chi connectivity index (χ1) is 11.1. The van der Waals surface area contributed by atoms with E-state index in [1.54, 1.807) is 31.2 Å². The summed E-state index contributed by atoms with van der Waals surface area (Å²) in [4.78, 5) is 26.0. The van der Waals surface area contributed by atoms with Crippen LogP contribution in [-0.4, -0.2) is 36.5 Å². The normalized spacial score (nSPS) is 10.6. The maximum Gasteiger partial charge on any atom is 0.340 e. The number of amides is 1. The number of nitriles is 1. The van der Waals surface area contributed by atoms with E-state index in [4.69, 9.17) is 4.74 Å². The minimum absolute atomic E-state index is 0.0210. The minimum atomic E-state index is -0.559. The van der Waals surface area contributed by atoms with E-state index < -0.39 is 11.9 Å². The van der Waals surface area contributed by atoms with Gasteiger partial charge in [-0.3, -0.25) is 4.79 Å². The van der Waals surface area contributed by atoms with Crippen LogP contribution in [0.5, 0.6) is 0 Å². The van der Waals surface area contributed by atoms with Gasteiger partial charge in [0.25, 0.3) is 5.91 Å². The summed E-state index contributed by atoms with van der Waals surface area (Å²) < 4.78 is 4.96. The zero-order valence-corrected chi connectivity index (χ0v) is 13.6. The van der Waals surface area contributed by atoms with Crippen LogP contribution in [0.25, 0.3) is 0 Å². The van der Waals surface area contributed by atoms with E-state index in [1.165, 1.54) is 6.20 Å². The van der Waals surface area contributed by atoms with Crippen LogP contribution in [0.2, 0.25) is 0 Å². The Morgan fingerprint density at radius 1 is 1.26 bits per heavy atom. The number of esters is 1. The Kier molecular flexibility index (Phi) is 7.34. The molecule has 0 aliphatic carbocycles. The van der Waals surface area contributed by atoms with E-state index >= 15 is 0 Å². The zero-order valence-electron chi connectivity index (χ0n) is 13.6. The number of nitrogens with zero attached hydrogens (tertiary/aromatic N) is 2. The van der Waals surface area contributed by atoms with Gasteiger partial charge in [0.15, 0.2) is 0 Å². The summed E-state index contributed by atoms with van der Waals surface area (Å²) in [6.07, 6.45) is 1.52. The van der Waals surface area contributed by atoms with Gasteiger partial charge in [-0.2, -0.15) is 5.26 Å². The molecule has 0 atom stereocenters. The number of anilines is 1. The van der Waals surface area contributed by atoms with Gasteiger partial charge in [0, 0.05) is 19.3 Å². The van der Waals surface area contributed by atoms with Crippen molar-refractivity contribution in [3.05, 3.63) is 41.6 Å². The lowest BCUT2D eigenvalue weighted by molar-refractivity contribution is -0.112. The molecule has 0 aliphatic heterocycles. The van der Waals surface area contributed by atoms with Crippen molar-refractivity contribution in [2.24, 2.45) is 0 Å². The highest BCUT2D eigenvalue weighted by molar-refractivity contribution is 6.09. The summed E-state index contributed by atoms with van der Waals surface area (Å²) in [5.74, 6) is -1.08. The lowest BCUT2D eigenvalue weighted by atomic mass is 10.1. The SMILES string of the molecule is CCOC(=O)c1ccccc1NC(=O)/C(C#N)=C\N(CC)CC. The average Bonchev–Trinajstić information content (AvgIpc) is 2.56. The molecule has 0 radical (unpaired) electrons. The van der Waals surface area contributed by atoms with Gasteiger partial charge in [0.2, 0.25) is 0 Å². The average molecular weight is 315 g/mol. The molecule has 6 nitrogen and oxygen atoms in total. The van der Waals surface area contributed by atoms with Crippen LogP contribution in [0.15, 0.2) is 36.0 Å². The standard InChI is InChI=1S/C17H21N3O3/c1-4-20(5-2)12-13(11-18)16(21)19-15-10-8-7-9-14(15)17(22)23-6-3/h7-10,12H,4-6H2,1-3H3,(H,19,21)/b13-12-. The summed E-state index contributed by atoms with van der Waals surface area (Å²) in [5.41, 5.74) is 0.548. The van der Waals surface area contributed by atoms with Crippen LogP contribution in [0.3, 0.4) is 0 Å². The number of carbonyl (C=O) groups is 2. The predicted octanol–water partition coefficient (Wildman–Crippen LogP) is 2.55. The second kappa shape index (κ2) is 9.26. The third-order valence-electron chi connectivity index (χ3n) is 3.16. The van der Waals surface area contributed by atoms with Crippen LogP contribution >= 0.6 is 0 Å². The van der Waals surface area contributed by atoms with Gasteiger partial charge >= 0.3 is 5.97 Å². The molecule has 1 aromatic carbocycles. The Balaban J connectivity index is 3.01. The summed E-state index contributed by atoms with van der Waals surface area (Å²) >= 11 is 0. The van der Waals surface area contributed by atoms with Crippen molar-refractivity contribution in [3.8, 4) is 6.07 Å². The number of hydrogen-bond donors (Lipinski definition) is 1. The molecule has 0 saturated carbocycles. The van der Waals surface area contributed by atoms with Gasteiger partial charge in [-0.1, -0.05) is 12.1 Å². The van der Waals surface area contributed by atoms with E-state index in [0.717, 1.165) is 0 Å². The number of rotatable bonds is 7. The molecule has 0 heterocycles. The second-order valence-corrected chi connectivity index (χ2v) is 4.60. The summed E-state index contributed by atoms with van der Waals surface area (Å²) in [7, 11) is 0. The monoisotopic (exact) mass is 315 g/mol. The molecular weight excluding hydrogens is 294 g/mol. The fraction of sp³-hybridized carbons (Fsp3) is 0.353. The highest BCUT2D eigenvalue weighted by atomic mass is 16.5. The molecule has 0 spiro atoms. The Bertz CT molecular complexity index is 628. The molecule has 0 aliphatic rings. The first-order valence-electron chi connectivity index (χ1n) is 7.50. The highest BCUT2D eigenvalue weighted by Gasteiger charge is 2.16. The molecule has 122 valence electrons. The summed E-state index contributed by atoms with van der Waals surface area (Å²) in [6, 6.07) is 8.42. The van der Waals surface area contributed by atoms with E-state index in [-0.39, 0.29) is 17.7 Å². The van der Waals surface area contributed by atoms with E-state index in [2.05, 4.69) is 5.32 Å². The lowest BCUT2D eigenvalue weighted by Gasteiger charge is -2.16. The third-order valence-corrected chi connectivity index (χ3v) is 3.16. The van der Waals surface area contributed by atoms with Crippen molar-refractivity contribution in [2.45, 2.75) is 20.8 Å². The smallest absolute Gasteiger partial charge is 0.340 e.